The van der Waals surface area contributed by atoms with Gasteiger partial charge in [-0.05, 0) is 48.2 Å². The molecule has 1 N–H and O–H groups in total. The number of hydrogen-bond donors (Lipinski definition) is 1. The molecule has 0 heterocycles. The van der Waals surface area contributed by atoms with Crippen LogP contribution in [0, 0.1) is 6.92 Å². The number of aryl methyl sites for hydroxylation is 1. The second-order valence-corrected chi connectivity index (χ2v) is 12.2. The van der Waals surface area contributed by atoms with Gasteiger partial charge in [-0.3, -0.25) is 13.9 Å². The Morgan fingerprint density at radius 3 is 2.24 bits per heavy atom. The Morgan fingerprint density at radius 2 is 1.64 bits per heavy atom. The molecule has 0 radical (unpaired) electrons. The van der Waals surface area contributed by atoms with Crippen molar-refractivity contribution >= 4 is 39.1 Å². The van der Waals surface area contributed by atoms with E-state index in [1.807, 2.05) is 44.2 Å². The second kappa shape index (κ2) is 14.1. The molecule has 0 aliphatic carbocycles. The van der Waals surface area contributed by atoms with Crippen LogP contribution in [0.2, 0.25) is 5.02 Å². The average Bonchev–Trinajstić information content (AvgIpc) is 2.93. The van der Waals surface area contributed by atoms with Crippen molar-refractivity contribution in [2.75, 3.05) is 23.7 Å². The molecule has 2 amide bonds. The quantitative estimate of drug-likeness (QED) is 0.285. The summed E-state index contributed by atoms with van der Waals surface area (Å²) in [5.41, 5.74) is 0.699. The summed E-state index contributed by atoms with van der Waals surface area (Å²) in [7, 11) is -4.30. The van der Waals surface area contributed by atoms with Gasteiger partial charge < -0.3 is 10.2 Å². The Morgan fingerprint density at radius 1 is 1.00 bits per heavy atom. The third kappa shape index (κ3) is 8.72. The van der Waals surface area contributed by atoms with E-state index in [1.54, 1.807) is 24.3 Å². The molecule has 12 heteroatoms. The fourth-order valence-electron chi connectivity index (χ4n) is 4.37. The van der Waals surface area contributed by atoms with Crippen LogP contribution in [0.1, 0.15) is 35.6 Å². The molecule has 1 atom stereocenters. The summed E-state index contributed by atoms with van der Waals surface area (Å²) in [5.74, 6) is -1.23. The van der Waals surface area contributed by atoms with E-state index in [0.29, 0.717) is 23.3 Å². The molecule has 0 fully saturated rings. The number of nitrogens with zero attached hydrogens (tertiary/aromatic N) is 2. The predicted molar refractivity (Wildman–Crippen MR) is 158 cm³/mol. The molecule has 0 aliphatic rings. The first-order chi connectivity index (χ1) is 19.7. The molecular formula is C30H33ClF3N3O4S. The van der Waals surface area contributed by atoms with E-state index in [0.717, 1.165) is 35.1 Å². The lowest BCUT2D eigenvalue weighted by Crippen LogP contribution is -2.53. The molecule has 226 valence electrons. The minimum atomic E-state index is -4.78. The standard InChI is InChI=1S/C30H33ClF3N3O4S/c1-4-16-35-29(39)27(17-22-11-6-5-7-12-22)36(19-23-13-9-8-10-21(23)2)28(38)20-37(42(3,40)41)26-18-24(30(32,33)34)14-15-25(26)31/h5-15,18,27H,4,16-17,19-20H2,1-3H3,(H,35,39)/t27-/m0/s1. The average molecular weight is 624 g/mol. The van der Waals surface area contributed by atoms with Gasteiger partial charge in [0.2, 0.25) is 21.8 Å². The van der Waals surface area contributed by atoms with Crippen LogP contribution in [0.15, 0.2) is 72.8 Å². The van der Waals surface area contributed by atoms with Crippen molar-refractivity contribution in [1.29, 1.82) is 0 Å². The number of alkyl halides is 3. The molecule has 3 aromatic carbocycles. The summed E-state index contributed by atoms with van der Waals surface area (Å²) in [6.07, 6.45) is -3.23. The van der Waals surface area contributed by atoms with Crippen LogP contribution < -0.4 is 9.62 Å². The van der Waals surface area contributed by atoms with Gasteiger partial charge in [0.25, 0.3) is 0 Å². The molecular weight excluding hydrogens is 591 g/mol. The molecule has 3 rings (SSSR count). The number of carbonyl (C=O) groups is 2. The van der Waals surface area contributed by atoms with Crippen LogP contribution >= 0.6 is 11.6 Å². The Labute approximate surface area is 249 Å². The third-order valence-electron chi connectivity index (χ3n) is 6.64. The SMILES string of the molecule is CCCNC(=O)[C@H](Cc1ccccc1)N(Cc1ccccc1C)C(=O)CN(c1cc(C(F)(F)F)ccc1Cl)S(C)(=O)=O. The molecule has 0 aromatic heterocycles. The van der Waals surface area contributed by atoms with E-state index in [9.17, 15) is 31.2 Å². The van der Waals surface area contributed by atoms with Crippen LogP contribution in [0.4, 0.5) is 18.9 Å². The highest BCUT2D eigenvalue weighted by Crippen LogP contribution is 2.36. The van der Waals surface area contributed by atoms with E-state index in [2.05, 4.69) is 5.32 Å². The van der Waals surface area contributed by atoms with E-state index in [-0.39, 0.29) is 18.0 Å². The van der Waals surface area contributed by atoms with Gasteiger partial charge in [-0.1, -0.05) is 73.1 Å². The van der Waals surface area contributed by atoms with Gasteiger partial charge >= 0.3 is 6.18 Å². The highest BCUT2D eigenvalue weighted by atomic mass is 35.5. The summed E-state index contributed by atoms with van der Waals surface area (Å²) in [5, 5.41) is 2.54. The number of rotatable bonds is 12. The van der Waals surface area contributed by atoms with Crippen molar-refractivity contribution in [2.24, 2.45) is 0 Å². The van der Waals surface area contributed by atoms with Crippen molar-refractivity contribution < 1.29 is 31.2 Å². The molecule has 3 aromatic rings. The molecule has 0 spiro atoms. The number of benzene rings is 3. The first kappa shape index (κ1) is 32.9. The third-order valence-corrected chi connectivity index (χ3v) is 8.09. The van der Waals surface area contributed by atoms with E-state index in [1.165, 1.54) is 4.90 Å². The number of sulfonamides is 1. The van der Waals surface area contributed by atoms with Crippen molar-refractivity contribution in [3.05, 3.63) is 100 Å². The Bertz CT molecular complexity index is 1500. The molecule has 0 unspecified atom stereocenters. The van der Waals surface area contributed by atoms with Crippen molar-refractivity contribution in [1.82, 2.24) is 10.2 Å². The molecule has 0 saturated heterocycles. The number of anilines is 1. The Hall–Kier alpha value is -3.57. The lowest BCUT2D eigenvalue weighted by atomic mass is 10.0. The lowest BCUT2D eigenvalue weighted by Gasteiger charge is -2.34. The highest BCUT2D eigenvalue weighted by Gasteiger charge is 2.36. The topological polar surface area (TPSA) is 86.8 Å². The molecule has 7 nitrogen and oxygen atoms in total. The monoisotopic (exact) mass is 623 g/mol. The fraction of sp³-hybridized carbons (Fsp3) is 0.333. The van der Waals surface area contributed by atoms with Gasteiger partial charge in [0.15, 0.2) is 0 Å². The lowest BCUT2D eigenvalue weighted by molar-refractivity contribution is -0.140. The molecule has 0 aliphatic heterocycles. The smallest absolute Gasteiger partial charge is 0.354 e. The number of halogens is 4. The van der Waals surface area contributed by atoms with Crippen LogP contribution in [0.5, 0.6) is 0 Å². The normalized spacial score (nSPS) is 12.5. The van der Waals surface area contributed by atoms with Crippen LogP contribution in [-0.4, -0.2) is 50.5 Å². The van der Waals surface area contributed by atoms with E-state index in [4.69, 9.17) is 11.6 Å². The van der Waals surface area contributed by atoms with E-state index < -0.39 is 51.9 Å². The maximum absolute atomic E-state index is 14.1. The molecule has 0 saturated carbocycles. The number of nitrogens with one attached hydrogen (secondary N) is 1. The molecule has 0 bridgehead atoms. The minimum Gasteiger partial charge on any atom is -0.354 e. The van der Waals surface area contributed by atoms with Gasteiger partial charge in [0.1, 0.15) is 12.6 Å². The van der Waals surface area contributed by atoms with Crippen molar-refractivity contribution in [3.8, 4) is 0 Å². The summed E-state index contributed by atoms with van der Waals surface area (Å²) in [4.78, 5) is 28.9. The Balaban J connectivity index is 2.11. The first-order valence-corrected chi connectivity index (χ1v) is 15.4. The number of carbonyl (C=O) groups excluding carboxylic acids is 2. The number of amides is 2. The van der Waals surface area contributed by atoms with Crippen molar-refractivity contribution in [3.63, 3.8) is 0 Å². The second-order valence-electron chi connectivity index (χ2n) is 9.88. The highest BCUT2D eigenvalue weighted by molar-refractivity contribution is 7.92. The maximum Gasteiger partial charge on any atom is 0.416 e. The van der Waals surface area contributed by atoms with Gasteiger partial charge in [0, 0.05) is 19.5 Å². The zero-order valence-corrected chi connectivity index (χ0v) is 25.1. The van der Waals surface area contributed by atoms with E-state index >= 15 is 0 Å². The van der Waals surface area contributed by atoms with Crippen molar-refractivity contribution in [2.45, 2.75) is 45.5 Å². The first-order valence-electron chi connectivity index (χ1n) is 13.2. The van der Waals surface area contributed by atoms with Gasteiger partial charge in [-0.2, -0.15) is 13.2 Å². The van der Waals surface area contributed by atoms with Gasteiger partial charge in [0.05, 0.1) is 22.5 Å². The zero-order chi connectivity index (χ0) is 31.1. The largest absolute Gasteiger partial charge is 0.416 e. The van der Waals surface area contributed by atoms with Crippen LogP contribution in [-0.2, 0) is 38.8 Å². The van der Waals surface area contributed by atoms with Gasteiger partial charge in [-0.25, -0.2) is 8.42 Å². The fourth-order valence-corrected chi connectivity index (χ4v) is 5.49. The maximum atomic E-state index is 14.1. The van der Waals surface area contributed by atoms with Gasteiger partial charge in [-0.15, -0.1) is 0 Å². The summed E-state index contributed by atoms with van der Waals surface area (Å²) in [6.45, 7) is 3.15. The Kier molecular flexibility index (Phi) is 11.0. The van der Waals surface area contributed by atoms with Crippen LogP contribution in [0.3, 0.4) is 0 Å². The number of hydrogen-bond acceptors (Lipinski definition) is 4. The summed E-state index contributed by atoms with van der Waals surface area (Å²) in [6, 6.07) is 17.5. The molecule has 42 heavy (non-hydrogen) atoms. The predicted octanol–water partition coefficient (Wildman–Crippen LogP) is 5.60. The minimum absolute atomic E-state index is 0.0452. The summed E-state index contributed by atoms with van der Waals surface area (Å²) >= 11 is 6.18. The zero-order valence-electron chi connectivity index (χ0n) is 23.5. The van der Waals surface area contributed by atoms with Crippen LogP contribution in [0.25, 0.3) is 0 Å². The summed E-state index contributed by atoms with van der Waals surface area (Å²) < 4.78 is 66.8.